The lowest BCUT2D eigenvalue weighted by Crippen LogP contribution is -2.49. The molecule has 1 aromatic rings. The first kappa shape index (κ1) is 15.0. The fourth-order valence-corrected chi connectivity index (χ4v) is 7.02. The average molecular weight is 329 g/mol. The Morgan fingerprint density at radius 1 is 0.952 bits per heavy atom. The molecule has 2 saturated heterocycles. The first-order chi connectivity index (χ1) is 9.80. The van der Waals surface area contributed by atoms with Crippen molar-refractivity contribution in [1.82, 2.24) is 4.31 Å². The molecule has 116 valence electrons. The molecule has 0 aromatic heterocycles. The van der Waals surface area contributed by atoms with E-state index in [1.807, 2.05) is 0 Å². The Labute approximate surface area is 125 Å². The molecule has 21 heavy (non-hydrogen) atoms. The number of nitrogens with zero attached hydrogens (tertiary/aromatic N) is 1. The fraction of sp³-hybridized carbons (Fsp3) is 0.571. The molecule has 2 atom stereocenters. The van der Waals surface area contributed by atoms with Crippen molar-refractivity contribution in [1.29, 1.82) is 0 Å². The lowest BCUT2D eigenvalue weighted by Gasteiger charge is -2.36. The van der Waals surface area contributed by atoms with Crippen LogP contribution in [0, 0.1) is 0 Å². The van der Waals surface area contributed by atoms with Crippen LogP contribution in [-0.4, -0.2) is 44.7 Å². The minimum atomic E-state index is -3.38. The van der Waals surface area contributed by atoms with Crippen LogP contribution in [0.5, 0.6) is 0 Å². The lowest BCUT2D eigenvalue weighted by atomic mass is 10.1. The van der Waals surface area contributed by atoms with E-state index in [0.29, 0.717) is 17.7 Å². The van der Waals surface area contributed by atoms with Crippen LogP contribution in [0.2, 0.25) is 0 Å². The summed E-state index contributed by atoms with van der Waals surface area (Å²) in [5.41, 5.74) is 0. The Balaban J connectivity index is 1.89. The number of fused-ring (bicyclic) bond motifs is 2. The van der Waals surface area contributed by atoms with Crippen LogP contribution in [0.15, 0.2) is 35.2 Å². The zero-order valence-electron chi connectivity index (χ0n) is 11.8. The Morgan fingerprint density at radius 3 is 1.95 bits per heavy atom. The van der Waals surface area contributed by atoms with E-state index in [2.05, 4.69) is 0 Å². The van der Waals surface area contributed by atoms with Crippen molar-refractivity contribution in [2.75, 3.05) is 6.26 Å². The van der Waals surface area contributed by atoms with Crippen LogP contribution in [0.25, 0.3) is 0 Å². The van der Waals surface area contributed by atoms with Gasteiger partial charge in [-0.05, 0) is 37.8 Å². The number of rotatable bonds is 3. The summed E-state index contributed by atoms with van der Waals surface area (Å²) in [6.45, 7) is 0. The number of hydrogen-bond donors (Lipinski definition) is 0. The monoisotopic (exact) mass is 329 g/mol. The highest BCUT2D eigenvalue weighted by molar-refractivity contribution is 7.92. The van der Waals surface area contributed by atoms with E-state index >= 15 is 0 Å². The van der Waals surface area contributed by atoms with Crippen molar-refractivity contribution in [2.24, 2.45) is 0 Å². The molecule has 0 aliphatic carbocycles. The number of benzene rings is 1. The van der Waals surface area contributed by atoms with Crippen LogP contribution in [0.3, 0.4) is 0 Å². The molecular formula is C14H19NO4S2. The van der Waals surface area contributed by atoms with Crippen molar-refractivity contribution >= 4 is 19.9 Å². The maximum absolute atomic E-state index is 12.7. The second-order valence-corrected chi connectivity index (χ2v) is 10.0. The van der Waals surface area contributed by atoms with Gasteiger partial charge in [0.1, 0.15) is 0 Å². The summed E-state index contributed by atoms with van der Waals surface area (Å²) in [5.74, 6) is 0. The summed E-state index contributed by atoms with van der Waals surface area (Å²) >= 11 is 0. The van der Waals surface area contributed by atoms with Gasteiger partial charge in [-0.15, -0.1) is 0 Å². The molecule has 1 aromatic carbocycles. The van der Waals surface area contributed by atoms with Crippen molar-refractivity contribution in [3.8, 4) is 0 Å². The summed E-state index contributed by atoms with van der Waals surface area (Å²) < 4.78 is 50.6. The van der Waals surface area contributed by atoms with Gasteiger partial charge in [-0.3, -0.25) is 0 Å². The van der Waals surface area contributed by atoms with Gasteiger partial charge in [0.2, 0.25) is 10.0 Å². The molecule has 2 aliphatic heterocycles. The molecule has 0 saturated carbocycles. The topological polar surface area (TPSA) is 71.5 Å². The zero-order chi connectivity index (χ0) is 15.3. The molecular weight excluding hydrogens is 310 g/mol. The lowest BCUT2D eigenvalue weighted by molar-refractivity contribution is 0.250. The van der Waals surface area contributed by atoms with Gasteiger partial charge in [0.05, 0.1) is 16.4 Å². The minimum Gasteiger partial charge on any atom is -0.223 e. The summed E-state index contributed by atoms with van der Waals surface area (Å²) in [7, 11) is -6.64. The van der Waals surface area contributed by atoms with Crippen molar-refractivity contribution in [3.05, 3.63) is 30.3 Å². The van der Waals surface area contributed by atoms with Crippen LogP contribution < -0.4 is 0 Å². The van der Waals surface area contributed by atoms with Gasteiger partial charge >= 0.3 is 0 Å². The Kier molecular flexibility index (Phi) is 3.62. The molecule has 2 bridgehead atoms. The molecule has 0 spiro atoms. The van der Waals surface area contributed by atoms with Gasteiger partial charge in [0.25, 0.3) is 0 Å². The standard InChI is InChI=1S/C14H19NO4S2/c1-20(16,17)15-11-7-8-12(15)10-14(9-11)21(18,19)13-5-3-2-4-6-13/h2-6,11-12,14H,7-10H2,1H3/t11-,12-/m1/s1. The van der Waals surface area contributed by atoms with E-state index in [1.165, 1.54) is 10.6 Å². The maximum Gasteiger partial charge on any atom is 0.211 e. The van der Waals surface area contributed by atoms with E-state index < -0.39 is 25.1 Å². The predicted molar refractivity (Wildman–Crippen MR) is 80.1 cm³/mol. The number of sulfonamides is 1. The van der Waals surface area contributed by atoms with Crippen LogP contribution >= 0.6 is 0 Å². The van der Waals surface area contributed by atoms with Gasteiger partial charge < -0.3 is 0 Å². The van der Waals surface area contributed by atoms with Gasteiger partial charge in [-0.2, -0.15) is 4.31 Å². The molecule has 0 radical (unpaired) electrons. The maximum atomic E-state index is 12.7. The first-order valence-electron chi connectivity index (χ1n) is 7.07. The molecule has 2 fully saturated rings. The normalized spacial score (nSPS) is 30.4. The molecule has 0 amide bonds. The second kappa shape index (κ2) is 5.07. The summed E-state index contributed by atoms with van der Waals surface area (Å²) in [6, 6.07) is 8.11. The van der Waals surface area contributed by atoms with E-state index in [9.17, 15) is 16.8 Å². The van der Waals surface area contributed by atoms with Crippen molar-refractivity contribution in [2.45, 2.75) is 47.9 Å². The summed E-state index contributed by atoms with van der Waals surface area (Å²) in [4.78, 5) is 0.335. The fourth-order valence-electron chi connectivity index (χ4n) is 3.68. The number of piperidine rings is 1. The van der Waals surface area contributed by atoms with Gasteiger partial charge in [0.15, 0.2) is 9.84 Å². The van der Waals surface area contributed by atoms with Crippen LogP contribution in [-0.2, 0) is 19.9 Å². The average Bonchev–Trinajstić information content (AvgIpc) is 2.71. The Bertz CT molecular complexity index is 713. The van der Waals surface area contributed by atoms with E-state index in [4.69, 9.17) is 0 Å². The molecule has 3 rings (SSSR count). The third kappa shape index (κ3) is 2.62. The molecule has 0 N–H and O–H groups in total. The third-order valence-electron chi connectivity index (χ3n) is 4.52. The van der Waals surface area contributed by atoms with Gasteiger partial charge in [-0.25, -0.2) is 16.8 Å². The Morgan fingerprint density at radius 2 is 1.48 bits per heavy atom. The largest absolute Gasteiger partial charge is 0.223 e. The Hall–Kier alpha value is -0.920. The van der Waals surface area contributed by atoms with Crippen molar-refractivity contribution < 1.29 is 16.8 Å². The SMILES string of the molecule is CS(=O)(=O)N1[C@@H]2CC[C@@H]1CC(S(=O)(=O)c1ccccc1)C2. The molecule has 7 heteroatoms. The van der Waals surface area contributed by atoms with E-state index in [0.717, 1.165) is 12.8 Å². The molecule has 0 unspecified atom stereocenters. The zero-order valence-corrected chi connectivity index (χ0v) is 13.5. The summed E-state index contributed by atoms with van der Waals surface area (Å²) in [5, 5.41) is -0.476. The first-order valence-corrected chi connectivity index (χ1v) is 10.5. The van der Waals surface area contributed by atoms with Crippen molar-refractivity contribution in [3.63, 3.8) is 0 Å². The highest BCUT2D eigenvalue weighted by atomic mass is 32.2. The van der Waals surface area contributed by atoms with Crippen LogP contribution in [0.4, 0.5) is 0 Å². The number of sulfone groups is 1. The molecule has 5 nitrogen and oxygen atoms in total. The number of hydrogen-bond acceptors (Lipinski definition) is 4. The highest BCUT2D eigenvalue weighted by Crippen LogP contribution is 2.41. The predicted octanol–water partition coefficient (Wildman–Crippen LogP) is 1.42. The van der Waals surface area contributed by atoms with Crippen LogP contribution in [0.1, 0.15) is 25.7 Å². The van der Waals surface area contributed by atoms with E-state index in [1.54, 1.807) is 30.3 Å². The minimum absolute atomic E-state index is 0.165. The smallest absolute Gasteiger partial charge is 0.211 e. The van der Waals surface area contributed by atoms with Gasteiger partial charge in [0, 0.05) is 12.1 Å². The molecule has 2 heterocycles. The summed E-state index contributed by atoms with van der Waals surface area (Å²) in [6.07, 6.45) is 3.54. The van der Waals surface area contributed by atoms with Gasteiger partial charge in [-0.1, -0.05) is 18.2 Å². The second-order valence-electron chi connectivity index (χ2n) is 5.93. The quantitative estimate of drug-likeness (QED) is 0.841. The molecule has 2 aliphatic rings. The highest BCUT2D eigenvalue weighted by Gasteiger charge is 2.48. The third-order valence-corrected chi connectivity index (χ3v) is 8.07. The van der Waals surface area contributed by atoms with E-state index in [-0.39, 0.29) is 12.1 Å².